The molecule has 0 amide bonds. The molecule has 0 saturated carbocycles. The molecule has 18 heavy (non-hydrogen) atoms. The van der Waals surface area contributed by atoms with Gasteiger partial charge in [-0.15, -0.1) is 0 Å². The lowest BCUT2D eigenvalue weighted by Crippen LogP contribution is -2.02. The van der Waals surface area contributed by atoms with Crippen LogP contribution in [0, 0.1) is 0 Å². The van der Waals surface area contributed by atoms with E-state index in [4.69, 9.17) is 10.3 Å². The van der Waals surface area contributed by atoms with Gasteiger partial charge in [-0.25, -0.2) is 0 Å². The average molecular weight is 244 g/mol. The van der Waals surface area contributed by atoms with Crippen LogP contribution in [0.5, 0.6) is 0 Å². The van der Waals surface area contributed by atoms with Crippen LogP contribution < -0.4 is 5.73 Å². The summed E-state index contributed by atoms with van der Waals surface area (Å²) in [7, 11) is 0. The monoisotopic (exact) mass is 244 g/mol. The molecule has 3 nitrogen and oxygen atoms in total. The highest BCUT2D eigenvalue weighted by atomic mass is 16.5. The molecule has 0 aliphatic carbocycles. The summed E-state index contributed by atoms with van der Waals surface area (Å²) in [4.78, 5) is 0. The standard InChI is InChI=1S/C15H20N2O/c1-2-3-4-12-5-7-13(8-6-12)15-11-14(9-10-16)17-18-15/h5-8,11H,2-4,9-10,16H2,1H3. The van der Waals surface area contributed by atoms with Gasteiger partial charge in [-0.2, -0.15) is 0 Å². The van der Waals surface area contributed by atoms with Crippen LogP contribution in [0.15, 0.2) is 34.9 Å². The van der Waals surface area contributed by atoms with Crippen LogP contribution in [0.4, 0.5) is 0 Å². The highest BCUT2D eigenvalue weighted by Gasteiger charge is 2.06. The number of benzene rings is 1. The van der Waals surface area contributed by atoms with Crippen LogP contribution in [0.2, 0.25) is 0 Å². The fourth-order valence-electron chi connectivity index (χ4n) is 1.93. The SMILES string of the molecule is CCCCc1ccc(-c2cc(CCN)no2)cc1. The predicted octanol–water partition coefficient (Wildman–Crippen LogP) is 3.19. The molecule has 1 aromatic heterocycles. The molecule has 1 heterocycles. The van der Waals surface area contributed by atoms with E-state index in [2.05, 4.69) is 36.3 Å². The van der Waals surface area contributed by atoms with Gasteiger partial charge in [-0.05, 0) is 24.9 Å². The topological polar surface area (TPSA) is 52.0 Å². The summed E-state index contributed by atoms with van der Waals surface area (Å²) in [6.45, 7) is 2.81. The molecule has 0 aliphatic rings. The Labute approximate surface area is 108 Å². The van der Waals surface area contributed by atoms with Gasteiger partial charge in [0.25, 0.3) is 0 Å². The Kier molecular flexibility index (Phi) is 4.53. The van der Waals surface area contributed by atoms with Crippen molar-refractivity contribution >= 4 is 0 Å². The van der Waals surface area contributed by atoms with E-state index < -0.39 is 0 Å². The minimum absolute atomic E-state index is 0.599. The molecule has 0 aliphatic heterocycles. The van der Waals surface area contributed by atoms with E-state index in [1.807, 2.05) is 6.07 Å². The van der Waals surface area contributed by atoms with Crippen LogP contribution >= 0.6 is 0 Å². The second-order valence-electron chi connectivity index (χ2n) is 4.52. The number of hydrogen-bond acceptors (Lipinski definition) is 3. The van der Waals surface area contributed by atoms with E-state index in [1.54, 1.807) is 0 Å². The second kappa shape index (κ2) is 6.36. The molecular weight excluding hydrogens is 224 g/mol. The first-order valence-corrected chi connectivity index (χ1v) is 6.58. The van der Waals surface area contributed by atoms with Crippen molar-refractivity contribution in [3.8, 4) is 11.3 Å². The Morgan fingerprint density at radius 3 is 2.61 bits per heavy atom. The molecule has 0 atom stereocenters. The van der Waals surface area contributed by atoms with E-state index in [0.717, 1.165) is 29.9 Å². The smallest absolute Gasteiger partial charge is 0.167 e. The Morgan fingerprint density at radius 1 is 1.17 bits per heavy atom. The van der Waals surface area contributed by atoms with Crippen molar-refractivity contribution in [1.82, 2.24) is 5.16 Å². The Bertz CT molecular complexity index is 473. The van der Waals surface area contributed by atoms with Crippen LogP contribution in [-0.4, -0.2) is 11.7 Å². The molecule has 0 fully saturated rings. The summed E-state index contributed by atoms with van der Waals surface area (Å²) in [5.41, 5.74) is 8.86. The third-order valence-electron chi connectivity index (χ3n) is 3.02. The highest BCUT2D eigenvalue weighted by molar-refractivity contribution is 5.57. The molecule has 2 rings (SSSR count). The van der Waals surface area contributed by atoms with Crippen molar-refractivity contribution in [2.45, 2.75) is 32.6 Å². The number of nitrogens with two attached hydrogens (primary N) is 1. The molecule has 0 bridgehead atoms. The van der Waals surface area contributed by atoms with Gasteiger partial charge in [0.15, 0.2) is 5.76 Å². The first kappa shape index (κ1) is 12.8. The molecule has 0 unspecified atom stereocenters. The Hall–Kier alpha value is -1.61. The van der Waals surface area contributed by atoms with Crippen LogP contribution in [-0.2, 0) is 12.8 Å². The molecule has 2 aromatic rings. The summed E-state index contributed by atoms with van der Waals surface area (Å²) in [6, 6.07) is 10.5. The lowest BCUT2D eigenvalue weighted by atomic mass is 10.1. The molecule has 0 spiro atoms. The van der Waals surface area contributed by atoms with Crippen molar-refractivity contribution in [3.63, 3.8) is 0 Å². The summed E-state index contributed by atoms with van der Waals surface area (Å²) >= 11 is 0. The fraction of sp³-hybridized carbons (Fsp3) is 0.400. The van der Waals surface area contributed by atoms with Gasteiger partial charge in [0.2, 0.25) is 0 Å². The highest BCUT2D eigenvalue weighted by Crippen LogP contribution is 2.21. The van der Waals surface area contributed by atoms with E-state index in [9.17, 15) is 0 Å². The van der Waals surface area contributed by atoms with Gasteiger partial charge in [0.05, 0.1) is 5.69 Å². The quantitative estimate of drug-likeness (QED) is 0.849. The summed E-state index contributed by atoms with van der Waals surface area (Å²) < 4.78 is 5.32. The summed E-state index contributed by atoms with van der Waals surface area (Å²) in [5.74, 6) is 0.820. The lowest BCUT2D eigenvalue weighted by Gasteiger charge is -2.00. The average Bonchev–Trinajstić information content (AvgIpc) is 2.86. The molecular formula is C15H20N2O. The Balaban J connectivity index is 2.07. The molecule has 2 N–H and O–H groups in total. The van der Waals surface area contributed by atoms with Gasteiger partial charge in [0, 0.05) is 18.1 Å². The minimum atomic E-state index is 0.599. The van der Waals surface area contributed by atoms with Crippen molar-refractivity contribution in [1.29, 1.82) is 0 Å². The van der Waals surface area contributed by atoms with Crippen LogP contribution in [0.3, 0.4) is 0 Å². The van der Waals surface area contributed by atoms with Crippen molar-refractivity contribution in [2.75, 3.05) is 6.54 Å². The van der Waals surface area contributed by atoms with Gasteiger partial charge < -0.3 is 10.3 Å². The second-order valence-corrected chi connectivity index (χ2v) is 4.52. The zero-order valence-electron chi connectivity index (χ0n) is 10.9. The van der Waals surface area contributed by atoms with Gasteiger partial charge in [0.1, 0.15) is 0 Å². The number of unbranched alkanes of at least 4 members (excludes halogenated alkanes) is 1. The first-order valence-electron chi connectivity index (χ1n) is 6.58. The third kappa shape index (κ3) is 3.20. The molecule has 0 radical (unpaired) electrons. The normalized spacial score (nSPS) is 10.8. The van der Waals surface area contributed by atoms with E-state index in [0.29, 0.717) is 6.54 Å². The van der Waals surface area contributed by atoms with Crippen LogP contribution in [0.1, 0.15) is 31.0 Å². The van der Waals surface area contributed by atoms with Gasteiger partial charge >= 0.3 is 0 Å². The zero-order chi connectivity index (χ0) is 12.8. The number of aryl methyl sites for hydroxylation is 1. The zero-order valence-corrected chi connectivity index (χ0v) is 10.9. The van der Waals surface area contributed by atoms with E-state index >= 15 is 0 Å². The molecule has 0 saturated heterocycles. The molecule has 96 valence electrons. The lowest BCUT2D eigenvalue weighted by molar-refractivity contribution is 0.423. The number of aromatic nitrogens is 1. The maximum atomic E-state index is 5.49. The summed E-state index contributed by atoms with van der Waals surface area (Å²) in [6.07, 6.45) is 4.37. The number of rotatable bonds is 6. The third-order valence-corrected chi connectivity index (χ3v) is 3.02. The van der Waals surface area contributed by atoms with Crippen molar-refractivity contribution in [3.05, 3.63) is 41.6 Å². The van der Waals surface area contributed by atoms with Crippen LogP contribution in [0.25, 0.3) is 11.3 Å². The van der Waals surface area contributed by atoms with Crippen molar-refractivity contribution < 1.29 is 4.52 Å². The number of nitrogens with zero attached hydrogens (tertiary/aromatic N) is 1. The van der Waals surface area contributed by atoms with Gasteiger partial charge in [-0.1, -0.05) is 42.8 Å². The largest absolute Gasteiger partial charge is 0.356 e. The molecule has 3 heteroatoms. The van der Waals surface area contributed by atoms with Crippen molar-refractivity contribution in [2.24, 2.45) is 5.73 Å². The molecule has 1 aromatic carbocycles. The van der Waals surface area contributed by atoms with E-state index in [-0.39, 0.29) is 0 Å². The van der Waals surface area contributed by atoms with E-state index in [1.165, 1.54) is 18.4 Å². The maximum Gasteiger partial charge on any atom is 0.167 e. The fourth-order valence-corrected chi connectivity index (χ4v) is 1.93. The summed E-state index contributed by atoms with van der Waals surface area (Å²) in [5, 5.41) is 4.00. The van der Waals surface area contributed by atoms with Gasteiger partial charge in [-0.3, -0.25) is 0 Å². The minimum Gasteiger partial charge on any atom is -0.356 e. The maximum absolute atomic E-state index is 5.49. The Morgan fingerprint density at radius 2 is 1.94 bits per heavy atom. The first-order chi connectivity index (χ1) is 8.83. The number of hydrogen-bond donors (Lipinski definition) is 1. The predicted molar refractivity (Wildman–Crippen MR) is 73.3 cm³/mol.